The Kier molecular flexibility index (Phi) is 5.53. The summed E-state index contributed by atoms with van der Waals surface area (Å²) in [5.74, 6) is -0.352. The van der Waals surface area contributed by atoms with Gasteiger partial charge in [0, 0.05) is 17.1 Å². The number of aromatic nitrogens is 2. The van der Waals surface area contributed by atoms with Crippen LogP contribution in [0.25, 0.3) is 0 Å². The van der Waals surface area contributed by atoms with E-state index in [1.807, 2.05) is 16.9 Å². The number of benzene rings is 1. The second kappa shape index (κ2) is 7.18. The fourth-order valence-corrected chi connectivity index (χ4v) is 2.94. The van der Waals surface area contributed by atoms with Crippen LogP contribution in [0.2, 0.25) is 0 Å². The molecule has 1 aromatic heterocycles. The minimum Gasteiger partial charge on any atom is -0.388 e. The van der Waals surface area contributed by atoms with Gasteiger partial charge >= 0.3 is 0 Å². The zero-order valence-electron chi connectivity index (χ0n) is 12.3. The van der Waals surface area contributed by atoms with E-state index in [1.165, 1.54) is 12.1 Å². The van der Waals surface area contributed by atoms with Crippen LogP contribution in [0.15, 0.2) is 34.9 Å². The lowest BCUT2D eigenvalue weighted by Gasteiger charge is -2.13. The van der Waals surface area contributed by atoms with Crippen LogP contribution in [-0.4, -0.2) is 14.9 Å². The maximum atomic E-state index is 13.3. The van der Waals surface area contributed by atoms with E-state index in [0.717, 1.165) is 18.5 Å². The van der Waals surface area contributed by atoms with Crippen molar-refractivity contribution in [1.29, 1.82) is 0 Å². The van der Waals surface area contributed by atoms with Crippen LogP contribution < -0.4 is 0 Å². The monoisotopic (exact) mass is 354 g/mol. The number of hydrogen-bond donors (Lipinski definition) is 1. The maximum absolute atomic E-state index is 13.3. The Labute approximate surface area is 132 Å². The molecule has 0 bridgehead atoms. The van der Waals surface area contributed by atoms with Crippen molar-refractivity contribution in [3.8, 4) is 0 Å². The van der Waals surface area contributed by atoms with E-state index in [1.54, 1.807) is 6.07 Å². The molecule has 0 aliphatic carbocycles. The van der Waals surface area contributed by atoms with Gasteiger partial charge in [0.2, 0.25) is 0 Å². The van der Waals surface area contributed by atoms with E-state index < -0.39 is 6.10 Å². The average Bonchev–Trinajstić information content (AvgIpc) is 2.91. The van der Waals surface area contributed by atoms with Crippen LogP contribution in [0.1, 0.15) is 50.1 Å². The highest BCUT2D eigenvalue weighted by Gasteiger charge is 2.15. The second-order valence-electron chi connectivity index (χ2n) is 5.14. The standard InChI is InChI=1S/C16H20BrFN2O/c1-3-13(4-2)20-8-7-12(19-20)10-16(21)14-9-11(18)5-6-15(14)17/h5-9,13,16,21H,3-4,10H2,1-2H3. The van der Waals surface area contributed by atoms with Gasteiger partial charge in [0.1, 0.15) is 5.82 Å². The fraction of sp³-hybridized carbons (Fsp3) is 0.438. The average molecular weight is 355 g/mol. The van der Waals surface area contributed by atoms with Crippen molar-refractivity contribution in [3.63, 3.8) is 0 Å². The van der Waals surface area contributed by atoms with E-state index in [9.17, 15) is 9.50 Å². The fourth-order valence-electron chi connectivity index (χ4n) is 2.43. The third-order valence-electron chi connectivity index (χ3n) is 3.70. The number of rotatable bonds is 6. The third kappa shape index (κ3) is 3.92. The zero-order chi connectivity index (χ0) is 15.4. The zero-order valence-corrected chi connectivity index (χ0v) is 13.8. The second-order valence-corrected chi connectivity index (χ2v) is 6.00. The lowest BCUT2D eigenvalue weighted by molar-refractivity contribution is 0.175. The van der Waals surface area contributed by atoms with Crippen molar-refractivity contribution >= 4 is 15.9 Å². The SMILES string of the molecule is CCC(CC)n1ccc(CC(O)c2cc(F)ccc2Br)n1. The van der Waals surface area contributed by atoms with Crippen molar-refractivity contribution in [2.24, 2.45) is 0 Å². The van der Waals surface area contributed by atoms with Crippen molar-refractivity contribution in [3.05, 3.63) is 52.0 Å². The Morgan fingerprint density at radius 1 is 1.29 bits per heavy atom. The molecule has 0 saturated heterocycles. The number of aliphatic hydroxyl groups excluding tert-OH is 1. The minimum atomic E-state index is -0.778. The molecule has 1 unspecified atom stereocenters. The molecule has 0 aliphatic heterocycles. The molecule has 5 heteroatoms. The maximum Gasteiger partial charge on any atom is 0.123 e. The molecule has 21 heavy (non-hydrogen) atoms. The summed E-state index contributed by atoms with van der Waals surface area (Å²) in [4.78, 5) is 0. The molecule has 1 atom stereocenters. The summed E-state index contributed by atoms with van der Waals surface area (Å²) in [6.07, 6.45) is 3.58. The molecule has 0 amide bonds. The molecule has 0 radical (unpaired) electrons. The molecular formula is C16H20BrFN2O. The first-order chi connectivity index (χ1) is 10.0. The van der Waals surface area contributed by atoms with E-state index in [-0.39, 0.29) is 5.82 Å². The number of hydrogen-bond acceptors (Lipinski definition) is 2. The van der Waals surface area contributed by atoms with E-state index in [0.29, 0.717) is 22.5 Å². The first kappa shape index (κ1) is 16.2. The Bertz CT molecular complexity index is 596. The van der Waals surface area contributed by atoms with Crippen molar-refractivity contribution in [1.82, 2.24) is 9.78 Å². The van der Waals surface area contributed by atoms with Gasteiger partial charge in [-0.2, -0.15) is 5.10 Å². The van der Waals surface area contributed by atoms with Crippen molar-refractivity contribution in [2.45, 2.75) is 45.3 Å². The van der Waals surface area contributed by atoms with E-state index >= 15 is 0 Å². The first-order valence-corrected chi connectivity index (χ1v) is 8.01. The molecule has 1 heterocycles. The number of aliphatic hydroxyl groups is 1. The summed E-state index contributed by atoms with van der Waals surface area (Å²) < 4.78 is 15.9. The van der Waals surface area contributed by atoms with Crippen LogP contribution in [0.5, 0.6) is 0 Å². The summed E-state index contributed by atoms with van der Waals surface area (Å²) in [7, 11) is 0. The predicted octanol–water partition coefficient (Wildman–Crippen LogP) is 4.42. The Hall–Kier alpha value is -1.20. The van der Waals surface area contributed by atoms with Crippen LogP contribution in [0.4, 0.5) is 4.39 Å². The van der Waals surface area contributed by atoms with Crippen LogP contribution >= 0.6 is 15.9 Å². The highest BCUT2D eigenvalue weighted by atomic mass is 79.9. The van der Waals surface area contributed by atoms with Gasteiger partial charge in [-0.25, -0.2) is 4.39 Å². The highest BCUT2D eigenvalue weighted by Crippen LogP contribution is 2.27. The molecule has 2 rings (SSSR count). The van der Waals surface area contributed by atoms with Gasteiger partial charge in [-0.15, -0.1) is 0 Å². The summed E-state index contributed by atoms with van der Waals surface area (Å²) in [6.45, 7) is 4.27. The first-order valence-electron chi connectivity index (χ1n) is 7.22. The number of halogens is 2. The summed E-state index contributed by atoms with van der Waals surface area (Å²) in [5.41, 5.74) is 1.36. The predicted molar refractivity (Wildman–Crippen MR) is 84.6 cm³/mol. The molecule has 1 N–H and O–H groups in total. The molecule has 3 nitrogen and oxygen atoms in total. The van der Waals surface area contributed by atoms with Crippen LogP contribution in [0, 0.1) is 5.82 Å². The quantitative estimate of drug-likeness (QED) is 0.833. The van der Waals surface area contributed by atoms with Gasteiger partial charge in [-0.1, -0.05) is 29.8 Å². The lowest BCUT2D eigenvalue weighted by atomic mass is 10.1. The molecule has 1 aromatic carbocycles. The lowest BCUT2D eigenvalue weighted by Crippen LogP contribution is -2.09. The summed E-state index contributed by atoms with van der Waals surface area (Å²) >= 11 is 3.34. The molecule has 0 fully saturated rings. The Morgan fingerprint density at radius 3 is 2.67 bits per heavy atom. The largest absolute Gasteiger partial charge is 0.388 e. The third-order valence-corrected chi connectivity index (χ3v) is 4.42. The normalized spacial score (nSPS) is 12.9. The molecule has 2 aromatic rings. The Balaban J connectivity index is 2.12. The smallest absolute Gasteiger partial charge is 0.123 e. The molecule has 0 aliphatic rings. The molecular weight excluding hydrogens is 335 g/mol. The van der Waals surface area contributed by atoms with Gasteiger partial charge in [0.25, 0.3) is 0 Å². The van der Waals surface area contributed by atoms with Gasteiger partial charge < -0.3 is 5.11 Å². The van der Waals surface area contributed by atoms with Gasteiger partial charge in [0.05, 0.1) is 17.8 Å². The van der Waals surface area contributed by atoms with Crippen LogP contribution in [0.3, 0.4) is 0 Å². The van der Waals surface area contributed by atoms with Crippen LogP contribution in [-0.2, 0) is 6.42 Å². The summed E-state index contributed by atoms with van der Waals surface area (Å²) in [6, 6.07) is 6.62. The van der Waals surface area contributed by atoms with Gasteiger partial charge in [-0.3, -0.25) is 4.68 Å². The summed E-state index contributed by atoms with van der Waals surface area (Å²) in [5, 5.41) is 14.8. The minimum absolute atomic E-state index is 0.352. The van der Waals surface area contributed by atoms with Gasteiger partial charge in [-0.05, 0) is 42.7 Å². The molecule has 114 valence electrons. The number of nitrogens with zero attached hydrogens (tertiary/aromatic N) is 2. The Morgan fingerprint density at radius 2 is 2.00 bits per heavy atom. The molecule has 0 spiro atoms. The molecule has 0 saturated carbocycles. The van der Waals surface area contributed by atoms with E-state index in [4.69, 9.17) is 0 Å². The topological polar surface area (TPSA) is 38.0 Å². The van der Waals surface area contributed by atoms with E-state index in [2.05, 4.69) is 34.9 Å². The highest BCUT2D eigenvalue weighted by molar-refractivity contribution is 9.10. The van der Waals surface area contributed by atoms with Gasteiger partial charge in [0.15, 0.2) is 0 Å². The van der Waals surface area contributed by atoms with Crippen molar-refractivity contribution < 1.29 is 9.50 Å². The van der Waals surface area contributed by atoms with Crippen molar-refractivity contribution in [2.75, 3.05) is 0 Å².